The first-order chi connectivity index (χ1) is 10.5. The molecule has 0 saturated heterocycles. The molecule has 2 heteroatoms. The number of phenolic OH excluding ortho intramolecular Hbond substituents is 1. The molecule has 0 radical (unpaired) electrons. The van der Waals surface area contributed by atoms with Gasteiger partial charge in [0.25, 0.3) is 0 Å². The number of hydrogen-bond acceptors (Lipinski definition) is 2. The number of phenols is 1. The minimum atomic E-state index is -0.519. The van der Waals surface area contributed by atoms with Crippen molar-refractivity contribution in [1.82, 2.24) is 0 Å². The van der Waals surface area contributed by atoms with Crippen LogP contribution in [0.15, 0.2) is 12.1 Å². The molecule has 0 amide bonds. The standard InChI is InChI=1S/C20H26O2/c1-19-9-6-14-12-4-5-18(21)16-7-10-20(19,22)11-8-17(19)15(14)3-2-13(12)16/h4-5,14-15,17,21-22H,2-3,6-11H2,1H3/t14-,15-,17+,19+,20?/m1/s1. The largest absolute Gasteiger partial charge is 0.508 e. The molecule has 0 spiro atoms. The highest BCUT2D eigenvalue weighted by Gasteiger charge is 2.61. The molecular formula is C20H26O2. The average molecular weight is 298 g/mol. The highest BCUT2D eigenvalue weighted by molar-refractivity contribution is 5.48. The molecule has 22 heavy (non-hydrogen) atoms. The maximum Gasteiger partial charge on any atom is 0.119 e. The van der Waals surface area contributed by atoms with Crippen LogP contribution in [0.4, 0.5) is 0 Å². The first-order valence-corrected chi connectivity index (χ1v) is 9.09. The minimum absolute atomic E-state index is 0.0950. The van der Waals surface area contributed by atoms with E-state index in [4.69, 9.17) is 0 Å². The summed E-state index contributed by atoms with van der Waals surface area (Å²) in [5, 5.41) is 21.8. The number of benzene rings is 1. The first kappa shape index (κ1) is 13.4. The van der Waals surface area contributed by atoms with Gasteiger partial charge in [0.1, 0.15) is 5.75 Å². The number of rotatable bonds is 0. The molecule has 2 fully saturated rings. The quantitative estimate of drug-likeness (QED) is 0.762. The van der Waals surface area contributed by atoms with Gasteiger partial charge in [-0.05, 0) is 97.3 Å². The van der Waals surface area contributed by atoms with Crippen LogP contribution in [0.5, 0.6) is 5.75 Å². The van der Waals surface area contributed by atoms with Crippen LogP contribution in [-0.2, 0) is 12.8 Å². The van der Waals surface area contributed by atoms with Gasteiger partial charge in [0.05, 0.1) is 5.60 Å². The Bertz CT molecular complexity index is 651. The molecular weight excluding hydrogens is 272 g/mol. The van der Waals surface area contributed by atoms with Gasteiger partial charge in [-0.15, -0.1) is 0 Å². The van der Waals surface area contributed by atoms with Crippen LogP contribution in [0.3, 0.4) is 0 Å². The smallest absolute Gasteiger partial charge is 0.119 e. The van der Waals surface area contributed by atoms with Gasteiger partial charge >= 0.3 is 0 Å². The van der Waals surface area contributed by atoms with E-state index < -0.39 is 5.60 Å². The van der Waals surface area contributed by atoms with Crippen molar-refractivity contribution in [1.29, 1.82) is 0 Å². The SMILES string of the molecule is C[C@]12CC[C@@H]3c4ccc(O)c5c4CC[C@H]3[C@@H]1CCC2(O)CC5. The molecule has 1 aromatic carbocycles. The summed E-state index contributed by atoms with van der Waals surface area (Å²) >= 11 is 0. The second-order valence-electron chi connectivity index (χ2n) is 8.57. The number of aliphatic hydroxyl groups is 1. The molecule has 6 rings (SSSR count). The molecule has 1 unspecified atom stereocenters. The second-order valence-corrected chi connectivity index (χ2v) is 8.57. The predicted octanol–water partition coefficient (Wildman–Crippen LogP) is 3.93. The maximum atomic E-state index is 11.5. The third-order valence-corrected chi connectivity index (χ3v) is 8.12. The predicted molar refractivity (Wildman–Crippen MR) is 86.0 cm³/mol. The van der Waals surface area contributed by atoms with E-state index in [1.54, 1.807) is 0 Å². The van der Waals surface area contributed by atoms with Crippen molar-refractivity contribution < 1.29 is 10.2 Å². The van der Waals surface area contributed by atoms with Crippen molar-refractivity contribution >= 4 is 0 Å². The Morgan fingerprint density at radius 1 is 1.00 bits per heavy atom. The molecule has 2 N–H and O–H groups in total. The van der Waals surface area contributed by atoms with Gasteiger partial charge in [-0.25, -0.2) is 0 Å². The zero-order chi connectivity index (χ0) is 15.1. The van der Waals surface area contributed by atoms with Crippen molar-refractivity contribution in [3.8, 4) is 5.75 Å². The Hall–Kier alpha value is -1.02. The van der Waals surface area contributed by atoms with Crippen molar-refractivity contribution in [2.45, 2.75) is 69.8 Å². The van der Waals surface area contributed by atoms with Gasteiger partial charge in [-0.3, -0.25) is 0 Å². The second kappa shape index (κ2) is 4.08. The van der Waals surface area contributed by atoms with Gasteiger partial charge < -0.3 is 10.2 Å². The summed E-state index contributed by atoms with van der Waals surface area (Å²) in [7, 11) is 0. The molecule has 5 aliphatic carbocycles. The third-order valence-electron chi connectivity index (χ3n) is 8.12. The fourth-order valence-corrected chi connectivity index (χ4v) is 6.86. The Morgan fingerprint density at radius 2 is 1.86 bits per heavy atom. The Labute approximate surface area is 132 Å². The highest BCUT2D eigenvalue weighted by atomic mass is 16.3. The summed E-state index contributed by atoms with van der Waals surface area (Å²) in [5.74, 6) is 2.56. The topological polar surface area (TPSA) is 40.5 Å². The highest BCUT2D eigenvalue weighted by Crippen LogP contribution is 2.66. The Kier molecular flexibility index (Phi) is 2.49. The normalized spacial score (nSPS) is 45.3. The summed E-state index contributed by atoms with van der Waals surface area (Å²) < 4.78 is 0. The summed E-state index contributed by atoms with van der Waals surface area (Å²) in [6, 6.07) is 4.12. The monoisotopic (exact) mass is 298 g/mol. The molecule has 0 aliphatic heterocycles. The molecule has 0 aromatic heterocycles. The van der Waals surface area contributed by atoms with Crippen LogP contribution in [0.2, 0.25) is 0 Å². The summed E-state index contributed by atoms with van der Waals surface area (Å²) in [5.41, 5.74) is 3.68. The van der Waals surface area contributed by atoms with Gasteiger partial charge in [0.2, 0.25) is 0 Å². The van der Waals surface area contributed by atoms with E-state index in [2.05, 4.69) is 13.0 Å². The van der Waals surface area contributed by atoms with Crippen LogP contribution in [0.25, 0.3) is 0 Å². The lowest BCUT2D eigenvalue weighted by molar-refractivity contribution is -0.108. The van der Waals surface area contributed by atoms with Crippen LogP contribution >= 0.6 is 0 Å². The van der Waals surface area contributed by atoms with E-state index in [1.165, 1.54) is 36.8 Å². The van der Waals surface area contributed by atoms with Crippen molar-refractivity contribution in [2.24, 2.45) is 17.3 Å². The zero-order valence-electron chi connectivity index (χ0n) is 13.4. The summed E-state index contributed by atoms with van der Waals surface area (Å²) in [6.07, 6.45) is 8.60. The lowest BCUT2D eigenvalue weighted by Crippen LogP contribution is -2.51. The number of fused-ring (bicyclic) bond motifs is 3. The number of hydrogen-bond donors (Lipinski definition) is 2. The molecule has 118 valence electrons. The van der Waals surface area contributed by atoms with E-state index >= 15 is 0 Å². The lowest BCUT2D eigenvalue weighted by Gasteiger charge is -2.54. The number of aromatic hydroxyl groups is 1. The van der Waals surface area contributed by atoms with Gasteiger partial charge in [0.15, 0.2) is 0 Å². The van der Waals surface area contributed by atoms with Gasteiger partial charge in [0, 0.05) is 0 Å². The molecule has 1 aromatic rings. The van der Waals surface area contributed by atoms with E-state index in [0.29, 0.717) is 17.6 Å². The Balaban J connectivity index is 1.77. The maximum absolute atomic E-state index is 11.5. The lowest BCUT2D eigenvalue weighted by atomic mass is 9.52. The van der Waals surface area contributed by atoms with Crippen LogP contribution < -0.4 is 0 Å². The van der Waals surface area contributed by atoms with E-state index in [9.17, 15) is 10.2 Å². The molecule has 2 saturated carbocycles. The summed E-state index contributed by atoms with van der Waals surface area (Å²) in [4.78, 5) is 0. The Morgan fingerprint density at radius 3 is 2.73 bits per heavy atom. The van der Waals surface area contributed by atoms with E-state index in [-0.39, 0.29) is 5.41 Å². The van der Waals surface area contributed by atoms with E-state index in [1.807, 2.05) is 6.07 Å². The van der Waals surface area contributed by atoms with Crippen molar-refractivity contribution in [3.63, 3.8) is 0 Å². The fourth-order valence-electron chi connectivity index (χ4n) is 6.86. The fraction of sp³-hybridized carbons (Fsp3) is 0.700. The van der Waals surface area contributed by atoms with Crippen LogP contribution in [-0.4, -0.2) is 15.8 Å². The third kappa shape index (κ3) is 1.41. The van der Waals surface area contributed by atoms with Crippen molar-refractivity contribution in [3.05, 3.63) is 28.8 Å². The van der Waals surface area contributed by atoms with Crippen LogP contribution in [0, 0.1) is 17.3 Å². The van der Waals surface area contributed by atoms with Gasteiger partial charge in [-0.1, -0.05) is 13.0 Å². The van der Waals surface area contributed by atoms with E-state index in [0.717, 1.165) is 37.2 Å². The summed E-state index contributed by atoms with van der Waals surface area (Å²) in [6.45, 7) is 2.37. The molecule has 0 heterocycles. The molecule has 2 nitrogen and oxygen atoms in total. The molecule has 5 aliphatic rings. The van der Waals surface area contributed by atoms with Crippen LogP contribution in [0.1, 0.15) is 68.1 Å². The zero-order valence-corrected chi connectivity index (χ0v) is 13.4. The molecule has 8 bridgehead atoms. The van der Waals surface area contributed by atoms with Crippen molar-refractivity contribution in [2.75, 3.05) is 0 Å². The van der Waals surface area contributed by atoms with Gasteiger partial charge in [-0.2, -0.15) is 0 Å². The average Bonchev–Trinajstić information content (AvgIpc) is 2.75. The minimum Gasteiger partial charge on any atom is -0.508 e. The first-order valence-electron chi connectivity index (χ1n) is 9.09. The molecule has 5 atom stereocenters.